The standard InChI is InChI=1S/C16H16F3N5O2S/c1-4-23(3)14(25)10-7-20-24(8-10)9(2)11-5-6-12(27-11)13-21-15(26-22-13)16(17,18)19/h5-9H,4H2,1-3H3. The average Bonchev–Trinajstić information content (AvgIpc) is 3.38. The van der Waals surface area contributed by atoms with E-state index >= 15 is 0 Å². The molecule has 3 rings (SSSR count). The quantitative estimate of drug-likeness (QED) is 0.654. The Labute approximate surface area is 156 Å². The van der Waals surface area contributed by atoms with Crippen LogP contribution in [-0.4, -0.2) is 44.3 Å². The van der Waals surface area contributed by atoms with Crippen molar-refractivity contribution in [3.63, 3.8) is 0 Å². The summed E-state index contributed by atoms with van der Waals surface area (Å²) in [4.78, 5) is 18.4. The monoisotopic (exact) mass is 399 g/mol. The number of amides is 1. The van der Waals surface area contributed by atoms with Gasteiger partial charge in [-0.3, -0.25) is 9.48 Å². The molecule has 3 heterocycles. The Balaban J connectivity index is 1.79. The lowest BCUT2D eigenvalue weighted by atomic mass is 10.2. The number of halogens is 3. The first-order chi connectivity index (χ1) is 12.7. The fourth-order valence-corrected chi connectivity index (χ4v) is 3.27. The Morgan fingerprint density at radius 3 is 2.78 bits per heavy atom. The first-order valence-electron chi connectivity index (χ1n) is 8.01. The summed E-state index contributed by atoms with van der Waals surface area (Å²) in [6.45, 7) is 4.33. The second kappa shape index (κ2) is 7.14. The zero-order chi connectivity index (χ0) is 19.8. The van der Waals surface area contributed by atoms with Gasteiger partial charge in [0.05, 0.1) is 22.7 Å². The molecule has 1 amide bonds. The smallest absolute Gasteiger partial charge is 0.342 e. The summed E-state index contributed by atoms with van der Waals surface area (Å²) in [5.74, 6) is -1.63. The molecule has 11 heteroatoms. The van der Waals surface area contributed by atoms with Crippen LogP contribution in [0, 0.1) is 0 Å². The van der Waals surface area contributed by atoms with E-state index in [2.05, 4.69) is 19.8 Å². The van der Waals surface area contributed by atoms with Crippen LogP contribution in [0.2, 0.25) is 0 Å². The third kappa shape index (κ3) is 3.87. The normalized spacial score (nSPS) is 13.0. The van der Waals surface area contributed by atoms with Crippen LogP contribution in [0.5, 0.6) is 0 Å². The summed E-state index contributed by atoms with van der Waals surface area (Å²) in [5, 5.41) is 7.61. The van der Waals surface area contributed by atoms with Gasteiger partial charge in [0.15, 0.2) is 0 Å². The summed E-state index contributed by atoms with van der Waals surface area (Å²) >= 11 is 1.23. The van der Waals surface area contributed by atoms with Gasteiger partial charge in [-0.2, -0.15) is 23.3 Å². The zero-order valence-corrected chi connectivity index (χ0v) is 15.5. The van der Waals surface area contributed by atoms with E-state index in [9.17, 15) is 18.0 Å². The number of thiophene rings is 1. The summed E-state index contributed by atoms with van der Waals surface area (Å²) in [6, 6.07) is 3.17. The van der Waals surface area contributed by atoms with E-state index in [-0.39, 0.29) is 17.8 Å². The molecule has 1 atom stereocenters. The third-order valence-corrected chi connectivity index (χ3v) is 5.25. The molecule has 0 fully saturated rings. The molecule has 3 aromatic heterocycles. The highest BCUT2D eigenvalue weighted by atomic mass is 32.1. The van der Waals surface area contributed by atoms with Gasteiger partial charge < -0.3 is 9.42 Å². The maximum Gasteiger partial charge on any atom is 0.471 e. The Kier molecular flexibility index (Phi) is 5.05. The third-order valence-electron chi connectivity index (χ3n) is 3.99. The maximum atomic E-state index is 12.6. The lowest BCUT2D eigenvalue weighted by Gasteiger charge is -2.13. The SMILES string of the molecule is CCN(C)C(=O)c1cnn(C(C)c2ccc(-c3noc(C(F)(F)F)n3)s2)c1. The molecule has 0 aliphatic carbocycles. The van der Waals surface area contributed by atoms with E-state index in [4.69, 9.17) is 0 Å². The predicted molar refractivity (Wildman–Crippen MR) is 91.3 cm³/mol. The van der Waals surface area contributed by atoms with Crippen molar-refractivity contribution in [2.24, 2.45) is 0 Å². The molecular formula is C16H16F3N5O2S. The highest BCUT2D eigenvalue weighted by Crippen LogP contribution is 2.34. The van der Waals surface area contributed by atoms with Crippen LogP contribution in [0.3, 0.4) is 0 Å². The molecule has 0 saturated heterocycles. The molecule has 0 aromatic carbocycles. The first kappa shape index (κ1) is 19.1. The van der Waals surface area contributed by atoms with Gasteiger partial charge in [-0.1, -0.05) is 5.16 Å². The van der Waals surface area contributed by atoms with Crippen LogP contribution in [0.1, 0.15) is 41.0 Å². The lowest BCUT2D eigenvalue weighted by Crippen LogP contribution is -2.25. The highest BCUT2D eigenvalue weighted by molar-refractivity contribution is 7.15. The number of aromatic nitrogens is 4. The van der Waals surface area contributed by atoms with Crippen LogP contribution in [-0.2, 0) is 6.18 Å². The number of hydrogen-bond donors (Lipinski definition) is 0. The van der Waals surface area contributed by atoms with E-state index in [1.807, 2.05) is 13.8 Å². The zero-order valence-electron chi connectivity index (χ0n) is 14.7. The van der Waals surface area contributed by atoms with E-state index in [1.54, 1.807) is 35.0 Å². The van der Waals surface area contributed by atoms with Crippen molar-refractivity contribution < 1.29 is 22.5 Å². The number of carbonyl (C=O) groups excluding carboxylic acids is 1. The van der Waals surface area contributed by atoms with Crippen LogP contribution >= 0.6 is 11.3 Å². The van der Waals surface area contributed by atoms with Crippen molar-refractivity contribution in [1.82, 2.24) is 24.8 Å². The lowest BCUT2D eigenvalue weighted by molar-refractivity contribution is -0.159. The summed E-state index contributed by atoms with van der Waals surface area (Å²) in [5.41, 5.74) is 0.468. The van der Waals surface area contributed by atoms with Crippen molar-refractivity contribution in [2.75, 3.05) is 13.6 Å². The second-order valence-corrected chi connectivity index (χ2v) is 6.94. The van der Waals surface area contributed by atoms with Gasteiger partial charge in [0, 0.05) is 24.7 Å². The number of carbonyl (C=O) groups is 1. The summed E-state index contributed by atoms with van der Waals surface area (Å²) in [7, 11) is 1.70. The van der Waals surface area contributed by atoms with Crippen LogP contribution in [0.15, 0.2) is 29.0 Å². The highest BCUT2D eigenvalue weighted by Gasteiger charge is 2.38. The molecule has 144 valence electrons. The van der Waals surface area contributed by atoms with Crippen LogP contribution in [0.25, 0.3) is 10.7 Å². The summed E-state index contributed by atoms with van der Waals surface area (Å²) in [6.07, 6.45) is -1.54. The molecule has 0 bridgehead atoms. The average molecular weight is 399 g/mol. The Morgan fingerprint density at radius 2 is 2.15 bits per heavy atom. The molecule has 0 radical (unpaired) electrons. The van der Waals surface area contributed by atoms with Gasteiger partial charge in [-0.05, 0) is 26.0 Å². The molecule has 7 nitrogen and oxygen atoms in total. The van der Waals surface area contributed by atoms with E-state index in [0.29, 0.717) is 17.0 Å². The predicted octanol–water partition coefficient (Wildman–Crippen LogP) is 3.71. The molecule has 0 aliphatic heterocycles. The topological polar surface area (TPSA) is 77.0 Å². The molecule has 0 saturated carbocycles. The van der Waals surface area contributed by atoms with Crippen molar-refractivity contribution in [3.8, 4) is 10.7 Å². The van der Waals surface area contributed by atoms with Gasteiger partial charge in [-0.15, -0.1) is 11.3 Å². The van der Waals surface area contributed by atoms with E-state index in [0.717, 1.165) is 4.88 Å². The molecule has 1 unspecified atom stereocenters. The molecule has 0 N–H and O–H groups in total. The Morgan fingerprint density at radius 1 is 1.41 bits per heavy atom. The molecule has 3 aromatic rings. The molecule has 0 aliphatic rings. The number of rotatable bonds is 5. The molecule has 0 spiro atoms. The van der Waals surface area contributed by atoms with E-state index in [1.165, 1.54) is 17.5 Å². The van der Waals surface area contributed by atoms with E-state index < -0.39 is 12.1 Å². The summed E-state index contributed by atoms with van der Waals surface area (Å²) < 4.78 is 43.6. The number of hydrogen-bond acceptors (Lipinski definition) is 6. The fourth-order valence-electron chi connectivity index (χ4n) is 2.29. The second-order valence-electron chi connectivity index (χ2n) is 5.83. The first-order valence-corrected chi connectivity index (χ1v) is 8.83. The van der Waals surface area contributed by atoms with Crippen molar-refractivity contribution in [3.05, 3.63) is 40.9 Å². The van der Waals surface area contributed by atoms with Crippen molar-refractivity contribution in [2.45, 2.75) is 26.1 Å². The molecule has 27 heavy (non-hydrogen) atoms. The Bertz CT molecular complexity index is 946. The van der Waals surface area contributed by atoms with Crippen LogP contribution < -0.4 is 0 Å². The van der Waals surface area contributed by atoms with Gasteiger partial charge in [0.25, 0.3) is 5.91 Å². The maximum absolute atomic E-state index is 12.6. The minimum absolute atomic E-state index is 0.119. The van der Waals surface area contributed by atoms with Crippen LogP contribution in [0.4, 0.5) is 13.2 Å². The Hall–Kier alpha value is -2.69. The number of nitrogens with zero attached hydrogens (tertiary/aromatic N) is 5. The van der Waals surface area contributed by atoms with Crippen molar-refractivity contribution >= 4 is 17.2 Å². The minimum Gasteiger partial charge on any atom is -0.342 e. The van der Waals surface area contributed by atoms with Gasteiger partial charge in [-0.25, -0.2) is 0 Å². The minimum atomic E-state index is -4.68. The van der Waals surface area contributed by atoms with Crippen molar-refractivity contribution in [1.29, 1.82) is 0 Å². The largest absolute Gasteiger partial charge is 0.471 e. The number of alkyl halides is 3. The van der Waals surface area contributed by atoms with Gasteiger partial charge in [0.1, 0.15) is 0 Å². The molecular weight excluding hydrogens is 383 g/mol. The van der Waals surface area contributed by atoms with Gasteiger partial charge in [0.2, 0.25) is 5.82 Å². The fraction of sp³-hybridized carbons (Fsp3) is 0.375. The van der Waals surface area contributed by atoms with Gasteiger partial charge >= 0.3 is 12.1 Å².